The molecule has 1 aromatic carbocycles. The predicted octanol–water partition coefficient (Wildman–Crippen LogP) is 1.94. The van der Waals surface area contributed by atoms with Crippen LogP contribution in [0.5, 0.6) is 11.5 Å². The maximum Gasteiger partial charge on any atom is 0.251 e. The predicted molar refractivity (Wildman–Crippen MR) is 77.4 cm³/mol. The molecular weight excluding hydrogens is 270 g/mol. The lowest BCUT2D eigenvalue weighted by Gasteiger charge is -2.30. The van der Waals surface area contributed by atoms with Gasteiger partial charge in [-0.25, -0.2) is 0 Å². The first-order valence-corrected chi connectivity index (χ1v) is 7.56. The molecule has 1 aliphatic heterocycles. The molecule has 1 aliphatic carbocycles. The van der Waals surface area contributed by atoms with Crippen molar-refractivity contribution in [3.63, 3.8) is 0 Å². The van der Waals surface area contributed by atoms with E-state index in [-0.39, 0.29) is 19.3 Å². The van der Waals surface area contributed by atoms with Crippen LogP contribution in [-0.2, 0) is 0 Å². The molecule has 5 heteroatoms. The Kier molecular flexibility index (Phi) is 4.29. The second-order valence-electron chi connectivity index (χ2n) is 5.77. The quantitative estimate of drug-likeness (QED) is 0.889. The highest BCUT2D eigenvalue weighted by molar-refractivity contribution is 5.94. The van der Waals surface area contributed by atoms with Crippen molar-refractivity contribution in [2.24, 2.45) is 11.8 Å². The molecule has 3 rings (SSSR count). The Labute approximate surface area is 124 Å². The van der Waals surface area contributed by atoms with Gasteiger partial charge in [0.05, 0.1) is 0 Å². The summed E-state index contributed by atoms with van der Waals surface area (Å²) in [6.45, 7) is 1.05. The van der Waals surface area contributed by atoms with E-state index in [1.54, 1.807) is 18.2 Å². The second-order valence-corrected chi connectivity index (χ2v) is 5.77. The maximum atomic E-state index is 12.2. The monoisotopic (exact) mass is 291 g/mol. The molecule has 1 fully saturated rings. The van der Waals surface area contributed by atoms with Gasteiger partial charge in [0, 0.05) is 18.7 Å². The first kappa shape index (κ1) is 14.2. The molecule has 0 bridgehead atoms. The van der Waals surface area contributed by atoms with Crippen molar-refractivity contribution in [1.82, 2.24) is 5.32 Å². The molecule has 1 saturated carbocycles. The topological polar surface area (TPSA) is 67.8 Å². The van der Waals surface area contributed by atoms with E-state index >= 15 is 0 Å². The minimum absolute atomic E-state index is 0.101. The van der Waals surface area contributed by atoms with Gasteiger partial charge >= 0.3 is 0 Å². The Balaban J connectivity index is 1.58. The van der Waals surface area contributed by atoms with E-state index in [2.05, 4.69) is 5.32 Å². The Morgan fingerprint density at radius 1 is 1.19 bits per heavy atom. The summed E-state index contributed by atoms with van der Waals surface area (Å²) in [6, 6.07) is 5.21. The van der Waals surface area contributed by atoms with Crippen LogP contribution in [0.3, 0.4) is 0 Å². The molecule has 21 heavy (non-hydrogen) atoms. The number of carbonyl (C=O) groups excluding carboxylic acids is 1. The Bertz CT molecular complexity index is 517. The molecule has 1 aromatic rings. The fourth-order valence-electron chi connectivity index (χ4n) is 3.16. The van der Waals surface area contributed by atoms with Crippen LogP contribution in [0.4, 0.5) is 0 Å². The van der Waals surface area contributed by atoms with Gasteiger partial charge in [0.1, 0.15) is 0 Å². The number of aliphatic hydroxyl groups excluding tert-OH is 1. The lowest BCUT2D eigenvalue weighted by molar-refractivity contribution is 0.0909. The summed E-state index contributed by atoms with van der Waals surface area (Å²) in [5, 5.41) is 12.4. The Morgan fingerprint density at radius 2 is 1.95 bits per heavy atom. The fourth-order valence-corrected chi connectivity index (χ4v) is 3.16. The number of hydrogen-bond acceptors (Lipinski definition) is 4. The van der Waals surface area contributed by atoms with Gasteiger partial charge in [0.15, 0.2) is 11.5 Å². The van der Waals surface area contributed by atoms with E-state index in [4.69, 9.17) is 9.47 Å². The summed E-state index contributed by atoms with van der Waals surface area (Å²) in [6.07, 6.45) is 4.49. The summed E-state index contributed by atoms with van der Waals surface area (Å²) in [7, 11) is 0. The molecule has 1 heterocycles. The van der Waals surface area contributed by atoms with Crippen LogP contribution < -0.4 is 14.8 Å². The highest BCUT2D eigenvalue weighted by Crippen LogP contribution is 2.32. The lowest BCUT2D eigenvalue weighted by Crippen LogP contribution is -2.35. The van der Waals surface area contributed by atoms with Crippen molar-refractivity contribution in [2.75, 3.05) is 19.9 Å². The van der Waals surface area contributed by atoms with Crippen LogP contribution >= 0.6 is 0 Å². The van der Waals surface area contributed by atoms with Crippen molar-refractivity contribution < 1.29 is 19.4 Å². The van der Waals surface area contributed by atoms with Crippen molar-refractivity contribution in [2.45, 2.75) is 25.7 Å². The summed E-state index contributed by atoms with van der Waals surface area (Å²) in [5.41, 5.74) is 0.579. The number of amides is 1. The fraction of sp³-hybridized carbons (Fsp3) is 0.562. The normalized spacial score (nSPS) is 23.9. The van der Waals surface area contributed by atoms with Crippen molar-refractivity contribution >= 4 is 5.91 Å². The number of hydrogen-bond donors (Lipinski definition) is 2. The molecule has 0 saturated heterocycles. The van der Waals surface area contributed by atoms with Crippen LogP contribution in [0.2, 0.25) is 0 Å². The van der Waals surface area contributed by atoms with Crippen molar-refractivity contribution in [3.05, 3.63) is 23.8 Å². The van der Waals surface area contributed by atoms with Crippen LogP contribution in [-0.4, -0.2) is 31.0 Å². The van der Waals surface area contributed by atoms with E-state index in [9.17, 15) is 9.90 Å². The van der Waals surface area contributed by atoms with E-state index in [1.165, 1.54) is 12.8 Å². The molecular formula is C16H21NO4. The van der Waals surface area contributed by atoms with Gasteiger partial charge in [-0.3, -0.25) is 4.79 Å². The minimum atomic E-state index is -0.101. The number of carbonyl (C=O) groups is 1. The van der Waals surface area contributed by atoms with E-state index < -0.39 is 0 Å². The highest BCUT2D eigenvalue weighted by Gasteiger charge is 2.25. The molecule has 2 N–H and O–H groups in total. The average molecular weight is 291 g/mol. The third kappa shape index (κ3) is 3.13. The van der Waals surface area contributed by atoms with Gasteiger partial charge in [0.25, 0.3) is 5.91 Å². The molecule has 1 amide bonds. The lowest BCUT2D eigenvalue weighted by atomic mass is 9.79. The zero-order chi connectivity index (χ0) is 14.7. The number of benzene rings is 1. The summed E-state index contributed by atoms with van der Waals surface area (Å²) in [5.74, 6) is 1.89. The van der Waals surface area contributed by atoms with Crippen LogP contribution in [0, 0.1) is 11.8 Å². The molecule has 2 aliphatic rings. The maximum absolute atomic E-state index is 12.2. The number of ether oxygens (including phenoxy) is 2. The van der Waals surface area contributed by atoms with Gasteiger partial charge in [-0.2, -0.15) is 0 Å². The molecule has 114 valence electrons. The Morgan fingerprint density at radius 3 is 2.76 bits per heavy atom. The number of rotatable bonds is 4. The number of aliphatic hydroxyl groups is 1. The van der Waals surface area contributed by atoms with Gasteiger partial charge in [-0.15, -0.1) is 0 Å². The molecule has 0 spiro atoms. The first-order valence-electron chi connectivity index (χ1n) is 7.56. The van der Waals surface area contributed by atoms with Crippen molar-refractivity contribution in [3.8, 4) is 11.5 Å². The largest absolute Gasteiger partial charge is 0.454 e. The smallest absolute Gasteiger partial charge is 0.251 e. The molecule has 5 nitrogen and oxygen atoms in total. The Hall–Kier alpha value is -1.75. The molecule has 0 aromatic heterocycles. The third-order valence-electron chi connectivity index (χ3n) is 4.46. The van der Waals surface area contributed by atoms with Crippen LogP contribution in [0.25, 0.3) is 0 Å². The molecule has 2 atom stereocenters. The highest BCUT2D eigenvalue weighted by atomic mass is 16.7. The SMILES string of the molecule is O=C(NCC1CCCCC1CO)c1ccc2c(c1)OCO2. The number of nitrogens with one attached hydrogen (secondary N) is 1. The summed E-state index contributed by atoms with van der Waals surface area (Å²) in [4.78, 5) is 12.2. The van der Waals surface area contributed by atoms with Crippen molar-refractivity contribution in [1.29, 1.82) is 0 Å². The standard InChI is InChI=1S/C16H21NO4/c18-9-13-4-2-1-3-12(13)8-17-16(19)11-5-6-14-15(7-11)21-10-20-14/h5-7,12-13,18H,1-4,8-10H2,(H,17,19). The first-order chi connectivity index (χ1) is 10.3. The van der Waals surface area contributed by atoms with Crippen LogP contribution in [0.15, 0.2) is 18.2 Å². The van der Waals surface area contributed by atoms with E-state index in [1.807, 2.05) is 0 Å². The van der Waals surface area contributed by atoms with Gasteiger partial charge in [-0.05, 0) is 42.9 Å². The van der Waals surface area contributed by atoms with Gasteiger partial charge in [-0.1, -0.05) is 12.8 Å². The zero-order valence-electron chi connectivity index (χ0n) is 12.0. The van der Waals surface area contributed by atoms with Gasteiger partial charge in [0.2, 0.25) is 6.79 Å². The van der Waals surface area contributed by atoms with Crippen LogP contribution in [0.1, 0.15) is 36.0 Å². The average Bonchev–Trinajstić information content (AvgIpc) is 3.00. The zero-order valence-corrected chi connectivity index (χ0v) is 12.0. The number of fused-ring (bicyclic) bond motifs is 1. The molecule has 0 radical (unpaired) electrons. The second kappa shape index (κ2) is 6.35. The molecule has 2 unspecified atom stereocenters. The van der Waals surface area contributed by atoms with Gasteiger partial charge < -0.3 is 19.9 Å². The van der Waals surface area contributed by atoms with E-state index in [0.717, 1.165) is 12.8 Å². The summed E-state index contributed by atoms with van der Waals surface area (Å²) >= 11 is 0. The minimum Gasteiger partial charge on any atom is -0.454 e. The third-order valence-corrected chi connectivity index (χ3v) is 4.46. The summed E-state index contributed by atoms with van der Waals surface area (Å²) < 4.78 is 10.5. The van der Waals surface area contributed by atoms with E-state index in [0.29, 0.717) is 35.4 Å².